The van der Waals surface area contributed by atoms with Crippen LogP contribution in [0.15, 0.2) is 12.1 Å². The summed E-state index contributed by atoms with van der Waals surface area (Å²) in [5, 5.41) is 3.25. The Morgan fingerprint density at radius 2 is 2.05 bits per heavy atom. The second-order valence-corrected chi connectivity index (χ2v) is 5.65. The number of halogens is 2. The molecule has 1 aliphatic rings. The molecule has 2 rings (SSSR count). The van der Waals surface area contributed by atoms with E-state index < -0.39 is 0 Å². The Balaban J connectivity index is 2.03. The maximum atomic E-state index is 12.2. The molecule has 0 aliphatic heterocycles. The van der Waals surface area contributed by atoms with Gasteiger partial charge in [0, 0.05) is 18.7 Å². The SMILES string of the molecule is CN(CC(=O)NC1CC1)C(=O)c1cc(N)c(Cl)c(Cl)c1. The van der Waals surface area contributed by atoms with Gasteiger partial charge in [-0.3, -0.25) is 9.59 Å². The van der Waals surface area contributed by atoms with E-state index in [4.69, 9.17) is 28.9 Å². The van der Waals surface area contributed by atoms with Crippen molar-refractivity contribution in [2.75, 3.05) is 19.3 Å². The molecule has 20 heavy (non-hydrogen) atoms. The predicted octanol–water partition coefficient (Wildman–Crippen LogP) is 1.93. The summed E-state index contributed by atoms with van der Waals surface area (Å²) in [5.41, 5.74) is 6.21. The second kappa shape index (κ2) is 5.89. The van der Waals surface area contributed by atoms with Crippen LogP contribution in [0.2, 0.25) is 10.0 Å². The molecule has 0 heterocycles. The molecule has 5 nitrogen and oxygen atoms in total. The smallest absolute Gasteiger partial charge is 0.254 e. The highest BCUT2D eigenvalue weighted by molar-refractivity contribution is 6.43. The van der Waals surface area contributed by atoms with Crippen LogP contribution in [0.5, 0.6) is 0 Å². The Labute approximate surface area is 127 Å². The molecule has 3 N–H and O–H groups in total. The molecule has 7 heteroatoms. The summed E-state index contributed by atoms with van der Waals surface area (Å²) >= 11 is 11.7. The monoisotopic (exact) mass is 315 g/mol. The van der Waals surface area contributed by atoms with Gasteiger partial charge in [0.1, 0.15) is 0 Å². The molecule has 0 radical (unpaired) electrons. The van der Waals surface area contributed by atoms with Crippen molar-refractivity contribution in [3.8, 4) is 0 Å². The van der Waals surface area contributed by atoms with Crippen molar-refractivity contribution in [1.82, 2.24) is 10.2 Å². The van der Waals surface area contributed by atoms with Crippen LogP contribution in [0.1, 0.15) is 23.2 Å². The predicted molar refractivity (Wildman–Crippen MR) is 79.0 cm³/mol. The Bertz CT molecular complexity index is 536. The molecule has 0 bridgehead atoms. The lowest BCUT2D eigenvalue weighted by Crippen LogP contribution is -2.39. The fraction of sp³-hybridized carbons (Fsp3) is 0.385. The van der Waals surface area contributed by atoms with Crippen molar-refractivity contribution in [2.45, 2.75) is 18.9 Å². The standard InChI is InChI=1S/C13H15Cl2N3O2/c1-18(6-11(19)17-8-2-3-8)13(20)7-4-9(14)12(15)10(16)5-7/h4-5,8H,2-3,6,16H2,1H3,(H,17,19). The number of carbonyl (C=O) groups excluding carboxylic acids is 2. The molecule has 108 valence electrons. The third-order valence-electron chi connectivity index (χ3n) is 2.97. The number of nitrogens with zero attached hydrogens (tertiary/aromatic N) is 1. The zero-order valence-corrected chi connectivity index (χ0v) is 12.5. The molecule has 0 aromatic heterocycles. The highest BCUT2D eigenvalue weighted by Gasteiger charge is 2.24. The minimum Gasteiger partial charge on any atom is -0.397 e. The number of likely N-dealkylation sites (N-methyl/N-ethyl adjacent to an activating group) is 1. The maximum absolute atomic E-state index is 12.2. The first-order valence-corrected chi connectivity index (χ1v) is 6.93. The lowest BCUT2D eigenvalue weighted by molar-refractivity contribution is -0.121. The number of amides is 2. The normalized spacial score (nSPS) is 13.9. The van der Waals surface area contributed by atoms with Crippen LogP contribution in [-0.4, -0.2) is 36.3 Å². The molecule has 1 aromatic rings. The molecule has 0 atom stereocenters. The van der Waals surface area contributed by atoms with E-state index in [2.05, 4.69) is 5.32 Å². The van der Waals surface area contributed by atoms with Crippen LogP contribution in [0.25, 0.3) is 0 Å². The number of anilines is 1. The van der Waals surface area contributed by atoms with E-state index in [9.17, 15) is 9.59 Å². The number of rotatable bonds is 4. The lowest BCUT2D eigenvalue weighted by atomic mass is 10.2. The van der Waals surface area contributed by atoms with Crippen molar-refractivity contribution in [2.24, 2.45) is 0 Å². The van der Waals surface area contributed by atoms with Crippen molar-refractivity contribution in [3.05, 3.63) is 27.7 Å². The number of nitrogens with one attached hydrogen (secondary N) is 1. The molecule has 1 aromatic carbocycles. The van der Waals surface area contributed by atoms with E-state index in [0.29, 0.717) is 5.56 Å². The second-order valence-electron chi connectivity index (χ2n) is 4.86. The average molecular weight is 316 g/mol. The minimum absolute atomic E-state index is 0.00448. The molecule has 2 amide bonds. The third kappa shape index (κ3) is 3.55. The van der Waals surface area contributed by atoms with Gasteiger partial charge in [0.2, 0.25) is 5.91 Å². The summed E-state index contributed by atoms with van der Waals surface area (Å²) < 4.78 is 0. The summed E-state index contributed by atoms with van der Waals surface area (Å²) in [6.07, 6.45) is 2.01. The highest BCUT2D eigenvalue weighted by Crippen LogP contribution is 2.29. The van der Waals surface area contributed by atoms with E-state index in [1.54, 1.807) is 7.05 Å². The van der Waals surface area contributed by atoms with Gasteiger partial charge < -0.3 is 16.0 Å². The molecule has 1 aliphatic carbocycles. The van der Waals surface area contributed by atoms with Crippen LogP contribution < -0.4 is 11.1 Å². The van der Waals surface area contributed by atoms with Gasteiger partial charge in [-0.2, -0.15) is 0 Å². The van der Waals surface area contributed by atoms with E-state index in [1.165, 1.54) is 17.0 Å². The highest BCUT2D eigenvalue weighted by atomic mass is 35.5. The van der Waals surface area contributed by atoms with Crippen LogP contribution in [0, 0.1) is 0 Å². The van der Waals surface area contributed by atoms with Crippen LogP contribution in [0.4, 0.5) is 5.69 Å². The molecule has 0 unspecified atom stereocenters. The Morgan fingerprint density at radius 1 is 1.40 bits per heavy atom. The Kier molecular flexibility index (Phi) is 4.40. The number of nitrogen functional groups attached to an aromatic ring is 1. The van der Waals surface area contributed by atoms with E-state index >= 15 is 0 Å². The van der Waals surface area contributed by atoms with Gasteiger partial charge in [0.05, 0.1) is 22.3 Å². The average Bonchev–Trinajstić information content (AvgIpc) is 3.17. The molecule has 1 saturated carbocycles. The fourth-order valence-corrected chi connectivity index (χ4v) is 2.08. The number of nitrogens with two attached hydrogens (primary N) is 1. The fourth-order valence-electron chi connectivity index (χ4n) is 1.74. The van der Waals surface area contributed by atoms with E-state index in [-0.39, 0.29) is 40.1 Å². The molecule has 0 saturated heterocycles. The van der Waals surface area contributed by atoms with Gasteiger partial charge >= 0.3 is 0 Å². The van der Waals surface area contributed by atoms with Gasteiger partial charge in [-0.05, 0) is 25.0 Å². The number of carbonyl (C=O) groups is 2. The summed E-state index contributed by atoms with van der Waals surface area (Å²) in [6, 6.07) is 3.16. The first-order valence-electron chi connectivity index (χ1n) is 6.18. The number of benzene rings is 1. The summed E-state index contributed by atoms with van der Waals surface area (Å²) in [6.45, 7) is -0.00448. The topological polar surface area (TPSA) is 75.4 Å². The Hall–Kier alpha value is -1.46. The molecular formula is C13H15Cl2N3O2. The summed E-state index contributed by atoms with van der Waals surface area (Å²) in [4.78, 5) is 25.2. The van der Waals surface area contributed by atoms with Crippen molar-refractivity contribution in [3.63, 3.8) is 0 Å². The van der Waals surface area contributed by atoms with E-state index in [0.717, 1.165) is 12.8 Å². The van der Waals surface area contributed by atoms with Gasteiger partial charge in [-0.15, -0.1) is 0 Å². The number of hydrogen-bond acceptors (Lipinski definition) is 3. The quantitative estimate of drug-likeness (QED) is 0.834. The molecule has 1 fully saturated rings. The molecular weight excluding hydrogens is 301 g/mol. The Morgan fingerprint density at radius 3 is 2.60 bits per heavy atom. The van der Waals surface area contributed by atoms with Crippen molar-refractivity contribution in [1.29, 1.82) is 0 Å². The van der Waals surface area contributed by atoms with E-state index in [1.807, 2.05) is 0 Å². The van der Waals surface area contributed by atoms with Gasteiger partial charge in [0.15, 0.2) is 0 Å². The first kappa shape index (κ1) is 14.9. The van der Waals surface area contributed by atoms with Gasteiger partial charge in [0.25, 0.3) is 5.91 Å². The molecule has 0 spiro atoms. The van der Waals surface area contributed by atoms with Crippen LogP contribution in [-0.2, 0) is 4.79 Å². The minimum atomic E-state index is -0.332. The first-order chi connectivity index (χ1) is 9.38. The largest absolute Gasteiger partial charge is 0.397 e. The lowest BCUT2D eigenvalue weighted by Gasteiger charge is -2.17. The summed E-state index contributed by atoms with van der Waals surface area (Å²) in [7, 11) is 1.55. The van der Waals surface area contributed by atoms with Crippen molar-refractivity contribution < 1.29 is 9.59 Å². The van der Waals surface area contributed by atoms with Crippen LogP contribution >= 0.6 is 23.2 Å². The zero-order valence-electron chi connectivity index (χ0n) is 11.0. The zero-order chi connectivity index (χ0) is 14.9. The number of hydrogen-bond donors (Lipinski definition) is 2. The summed E-state index contributed by atoms with van der Waals surface area (Å²) in [5.74, 6) is -0.502. The van der Waals surface area contributed by atoms with Gasteiger partial charge in [-0.25, -0.2) is 0 Å². The third-order valence-corrected chi connectivity index (χ3v) is 3.79. The van der Waals surface area contributed by atoms with Gasteiger partial charge in [-0.1, -0.05) is 23.2 Å². The maximum Gasteiger partial charge on any atom is 0.254 e. The van der Waals surface area contributed by atoms with Crippen LogP contribution in [0.3, 0.4) is 0 Å². The van der Waals surface area contributed by atoms with Crippen molar-refractivity contribution >= 4 is 40.7 Å².